The molecule has 0 aromatic rings. The predicted octanol–water partition coefficient (Wildman–Crippen LogP) is -1.29. The molecule has 0 aliphatic rings. The van der Waals surface area contributed by atoms with Crippen molar-refractivity contribution in [3.8, 4) is 0 Å². The highest BCUT2D eigenvalue weighted by molar-refractivity contribution is 5.81. The van der Waals surface area contributed by atoms with Crippen LogP contribution in [0.3, 0.4) is 0 Å². The summed E-state index contributed by atoms with van der Waals surface area (Å²) in [6.07, 6.45) is 4.63. The van der Waals surface area contributed by atoms with Crippen molar-refractivity contribution in [1.82, 2.24) is 20.4 Å². The van der Waals surface area contributed by atoms with E-state index in [9.17, 15) is 4.79 Å². The van der Waals surface area contributed by atoms with Crippen molar-refractivity contribution >= 4 is 5.91 Å². The lowest BCUT2D eigenvalue weighted by atomic mass is 10.1. The van der Waals surface area contributed by atoms with Crippen molar-refractivity contribution in [2.24, 2.45) is 17.2 Å². The molecule has 0 rings (SSSR count). The Bertz CT molecular complexity index is 307. The molecular weight excluding hydrogens is 318 g/mol. The van der Waals surface area contributed by atoms with Crippen LogP contribution in [-0.4, -0.2) is 88.3 Å². The molecule has 1 atom stereocenters. The normalized spacial score (nSPS) is 12.8. The summed E-state index contributed by atoms with van der Waals surface area (Å²) in [5.41, 5.74) is 16.8. The molecule has 0 aromatic heterocycles. The van der Waals surface area contributed by atoms with Gasteiger partial charge in [0.15, 0.2) is 0 Å². The monoisotopic (exact) mass is 359 g/mol. The van der Waals surface area contributed by atoms with Gasteiger partial charge in [-0.1, -0.05) is 0 Å². The first-order valence-electron chi connectivity index (χ1n) is 9.53. The van der Waals surface area contributed by atoms with E-state index in [0.717, 1.165) is 58.3 Å². The largest absolute Gasteiger partial charge is 0.342 e. The fourth-order valence-electron chi connectivity index (χ4n) is 2.55. The molecule has 0 aliphatic heterocycles. The number of hydrogen-bond donors (Lipinski definition) is 5. The number of nitrogens with two attached hydrogens (primary N) is 3. The Balaban J connectivity index is 4.36. The second kappa shape index (κ2) is 16.7. The smallest absolute Gasteiger partial charge is 0.238 e. The van der Waals surface area contributed by atoms with Gasteiger partial charge < -0.3 is 32.7 Å². The third-order valence-electron chi connectivity index (χ3n) is 3.98. The van der Waals surface area contributed by atoms with Crippen LogP contribution in [0, 0.1) is 0 Å². The SMILES string of the molecule is CN(C)CNC(=O)C(CCCN(CCCN)CCCN)NCCCN. The van der Waals surface area contributed by atoms with Crippen LogP contribution in [0.5, 0.6) is 0 Å². The second-order valence-electron chi connectivity index (χ2n) is 6.70. The fraction of sp³-hybridized carbons (Fsp3) is 0.941. The number of nitrogens with zero attached hydrogens (tertiary/aromatic N) is 2. The third-order valence-corrected chi connectivity index (χ3v) is 3.98. The Kier molecular flexibility index (Phi) is 16.2. The van der Waals surface area contributed by atoms with Crippen LogP contribution in [0.2, 0.25) is 0 Å². The number of nitrogens with one attached hydrogen (secondary N) is 2. The summed E-state index contributed by atoms with van der Waals surface area (Å²) < 4.78 is 0. The van der Waals surface area contributed by atoms with Gasteiger partial charge in [-0.2, -0.15) is 0 Å². The van der Waals surface area contributed by atoms with Crippen molar-refractivity contribution in [2.45, 2.75) is 38.1 Å². The molecule has 0 radical (unpaired) electrons. The number of hydrogen-bond acceptors (Lipinski definition) is 7. The van der Waals surface area contributed by atoms with E-state index in [1.165, 1.54) is 0 Å². The summed E-state index contributed by atoms with van der Waals surface area (Å²) in [6, 6.07) is -0.169. The summed E-state index contributed by atoms with van der Waals surface area (Å²) in [5.74, 6) is 0.0567. The molecule has 8 nitrogen and oxygen atoms in total. The van der Waals surface area contributed by atoms with Crippen molar-refractivity contribution in [2.75, 3.05) is 66.6 Å². The first-order valence-corrected chi connectivity index (χ1v) is 9.53. The standard InChI is InChI=1S/C17H41N7O/c1-23(2)15-22-17(25)16(21-11-4-8-18)7-3-12-24(13-5-9-19)14-6-10-20/h16,21H,3-15,18-20H2,1-2H3,(H,22,25). The van der Waals surface area contributed by atoms with Crippen LogP contribution < -0.4 is 27.8 Å². The van der Waals surface area contributed by atoms with Gasteiger partial charge in [0.05, 0.1) is 12.7 Å². The molecule has 0 aromatic carbocycles. The van der Waals surface area contributed by atoms with Gasteiger partial charge in [-0.3, -0.25) is 9.69 Å². The fourth-order valence-corrected chi connectivity index (χ4v) is 2.55. The molecule has 25 heavy (non-hydrogen) atoms. The molecule has 1 unspecified atom stereocenters. The average molecular weight is 360 g/mol. The van der Waals surface area contributed by atoms with E-state index in [0.29, 0.717) is 26.3 Å². The molecule has 1 amide bonds. The maximum Gasteiger partial charge on any atom is 0.238 e. The second-order valence-corrected chi connectivity index (χ2v) is 6.70. The number of rotatable bonds is 17. The number of carbonyl (C=O) groups is 1. The van der Waals surface area contributed by atoms with E-state index >= 15 is 0 Å². The lowest BCUT2D eigenvalue weighted by Gasteiger charge is -2.24. The first-order chi connectivity index (χ1) is 12.0. The summed E-state index contributed by atoms with van der Waals surface area (Å²) in [4.78, 5) is 16.7. The molecule has 0 heterocycles. The molecule has 8 N–H and O–H groups in total. The lowest BCUT2D eigenvalue weighted by molar-refractivity contribution is -0.123. The van der Waals surface area contributed by atoms with E-state index in [1.807, 2.05) is 19.0 Å². The van der Waals surface area contributed by atoms with E-state index < -0.39 is 0 Å². The quantitative estimate of drug-likeness (QED) is 0.162. The van der Waals surface area contributed by atoms with E-state index in [4.69, 9.17) is 17.2 Å². The van der Waals surface area contributed by atoms with Gasteiger partial charge in [0.2, 0.25) is 5.91 Å². The van der Waals surface area contributed by atoms with Gasteiger partial charge in [-0.05, 0) is 92.0 Å². The van der Waals surface area contributed by atoms with Crippen LogP contribution in [0.25, 0.3) is 0 Å². The highest BCUT2D eigenvalue weighted by atomic mass is 16.2. The van der Waals surface area contributed by atoms with E-state index in [1.54, 1.807) is 0 Å². The Hall–Kier alpha value is -0.770. The van der Waals surface area contributed by atoms with Crippen molar-refractivity contribution in [3.63, 3.8) is 0 Å². The van der Waals surface area contributed by atoms with Gasteiger partial charge in [0, 0.05) is 0 Å². The van der Waals surface area contributed by atoms with Gasteiger partial charge >= 0.3 is 0 Å². The number of carbonyl (C=O) groups excluding carboxylic acids is 1. The zero-order chi connectivity index (χ0) is 18.9. The van der Waals surface area contributed by atoms with Crippen molar-refractivity contribution in [1.29, 1.82) is 0 Å². The molecule has 0 fully saturated rings. The minimum absolute atomic E-state index is 0.0567. The molecule has 8 heteroatoms. The molecular formula is C17H41N7O. The predicted molar refractivity (Wildman–Crippen MR) is 105 cm³/mol. The van der Waals surface area contributed by atoms with Crippen LogP contribution in [0.1, 0.15) is 32.1 Å². The van der Waals surface area contributed by atoms with Crippen molar-refractivity contribution < 1.29 is 4.79 Å². The van der Waals surface area contributed by atoms with Gasteiger partial charge in [0.1, 0.15) is 0 Å². The molecule has 0 saturated heterocycles. The van der Waals surface area contributed by atoms with Crippen molar-refractivity contribution in [3.05, 3.63) is 0 Å². The van der Waals surface area contributed by atoms with E-state index in [-0.39, 0.29) is 11.9 Å². The van der Waals surface area contributed by atoms with Gasteiger partial charge in [-0.15, -0.1) is 0 Å². The highest BCUT2D eigenvalue weighted by Gasteiger charge is 2.17. The summed E-state index contributed by atoms with van der Waals surface area (Å²) in [6.45, 7) is 6.31. The molecule has 0 spiro atoms. The van der Waals surface area contributed by atoms with Gasteiger partial charge in [0.25, 0.3) is 0 Å². The third kappa shape index (κ3) is 14.1. The summed E-state index contributed by atoms with van der Waals surface area (Å²) in [5, 5.41) is 6.30. The summed E-state index contributed by atoms with van der Waals surface area (Å²) >= 11 is 0. The van der Waals surface area contributed by atoms with Crippen LogP contribution in [0.15, 0.2) is 0 Å². The minimum atomic E-state index is -0.169. The topological polar surface area (TPSA) is 126 Å². The van der Waals surface area contributed by atoms with Gasteiger partial charge in [-0.25, -0.2) is 0 Å². The van der Waals surface area contributed by atoms with Crippen LogP contribution >= 0.6 is 0 Å². The zero-order valence-corrected chi connectivity index (χ0v) is 16.3. The maximum absolute atomic E-state index is 12.4. The average Bonchev–Trinajstić information content (AvgIpc) is 2.60. The summed E-state index contributed by atoms with van der Waals surface area (Å²) in [7, 11) is 3.87. The van der Waals surface area contributed by atoms with E-state index in [2.05, 4.69) is 15.5 Å². The minimum Gasteiger partial charge on any atom is -0.342 e. The molecule has 0 aliphatic carbocycles. The molecule has 0 saturated carbocycles. The highest BCUT2D eigenvalue weighted by Crippen LogP contribution is 2.03. The molecule has 150 valence electrons. The Labute approximate surface area is 153 Å². The van der Waals surface area contributed by atoms with Crippen LogP contribution in [-0.2, 0) is 4.79 Å². The lowest BCUT2D eigenvalue weighted by Crippen LogP contribution is -2.47. The Morgan fingerprint density at radius 2 is 1.48 bits per heavy atom. The Morgan fingerprint density at radius 1 is 0.920 bits per heavy atom. The number of amides is 1. The maximum atomic E-state index is 12.4. The molecule has 0 bridgehead atoms. The Morgan fingerprint density at radius 3 is 2.00 bits per heavy atom. The van der Waals surface area contributed by atoms with Crippen LogP contribution in [0.4, 0.5) is 0 Å². The first kappa shape index (κ1) is 24.2. The zero-order valence-electron chi connectivity index (χ0n) is 16.3.